The summed E-state index contributed by atoms with van der Waals surface area (Å²) in [5.74, 6) is 0. The molecule has 0 saturated heterocycles. The molecule has 9 heavy (non-hydrogen) atoms. The van der Waals surface area contributed by atoms with Crippen LogP contribution in [0.4, 0.5) is 0 Å². The summed E-state index contributed by atoms with van der Waals surface area (Å²) in [7, 11) is 0. The van der Waals surface area contributed by atoms with E-state index in [9.17, 15) is 0 Å². The molecule has 0 aromatic carbocycles. The lowest BCUT2D eigenvalue weighted by molar-refractivity contribution is -0.0467. The number of hydrogen-bond donors (Lipinski definition) is 3. The highest BCUT2D eigenvalue weighted by Crippen LogP contribution is 2.10. The predicted octanol–water partition coefficient (Wildman–Crippen LogP) is -1.17. The first-order valence-corrected chi connectivity index (χ1v) is 2.83. The number of aliphatic hydroxyl groups excluding tert-OH is 3. The quantitative estimate of drug-likeness (QED) is 0.386. The van der Waals surface area contributed by atoms with Crippen molar-refractivity contribution < 1.29 is 15.3 Å². The van der Waals surface area contributed by atoms with Gasteiger partial charge in [-0.3, -0.25) is 0 Å². The van der Waals surface area contributed by atoms with Gasteiger partial charge in [-0.05, 0) is 12.2 Å². The molecular formula is C6H9O3. The molecule has 3 atom stereocenters. The summed E-state index contributed by atoms with van der Waals surface area (Å²) in [6.45, 7) is 0. The Kier molecular flexibility index (Phi) is 1.85. The molecule has 0 aromatic heterocycles. The van der Waals surface area contributed by atoms with Crippen molar-refractivity contribution in [2.45, 2.75) is 24.7 Å². The van der Waals surface area contributed by atoms with E-state index in [4.69, 9.17) is 15.3 Å². The van der Waals surface area contributed by atoms with E-state index in [0.29, 0.717) is 6.42 Å². The maximum atomic E-state index is 8.87. The van der Waals surface area contributed by atoms with E-state index >= 15 is 0 Å². The molecule has 0 amide bonds. The lowest BCUT2D eigenvalue weighted by atomic mass is 9.99. The maximum absolute atomic E-state index is 8.87. The van der Waals surface area contributed by atoms with Crippen LogP contribution in [-0.4, -0.2) is 33.6 Å². The molecule has 0 aliphatic heterocycles. The standard InChI is InChI=1S/C6H9O3/c7-4-2-1-3-5(8)6(4)9/h2,4-9H,3H2. The molecular weight excluding hydrogens is 120 g/mol. The molecule has 0 heterocycles. The van der Waals surface area contributed by atoms with Crippen LogP contribution in [0, 0.1) is 6.08 Å². The average Bonchev–Trinajstić information content (AvgIpc) is 1.83. The van der Waals surface area contributed by atoms with Crippen molar-refractivity contribution in [3.63, 3.8) is 0 Å². The van der Waals surface area contributed by atoms with E-state index in [0.717, 1.165) is 0 Å². The number of hydrogen-bond acceptors (Lipinski definition) is 3. The molecule has 0 bridgehead atoms. The zero-order valence-electron chi connectivity index (χ0n) is 4.86. The second kappa shape index (κ2) is 2.47. The largest absolute Gasteiger partial charge is 0.390 e. The molecule has 0 fully saturated rings. The fourth-order valence-electron chi connectivity index (χ4n) is 0.756. The second-order valence-electron chi connectivity index (χ2n) is 2.12. The topological polar surface area (TPSA) is 60.7 Å². The Morgan fingerprint density at radius 2 is 2.00 bits per heavy atom. The number of rotatable bonds is 0. The van der Waals surface area contributed by atoms with E-state index < -0.39 is 18.3 Å². The lowest BCUT2D eigenvalue weighted by Crippen LogP contribution is -2.38. The molecule has 3 nitrogen and oxygen atoms in total. The molecule has 0 spiro atoms. The summed E-state index contributed by atoms with van der Waals surface area (Å²) in [5, 5.41) is 26.6. The van der Waals surface area contributed by atoms with Gasteiger partial charge in [-0.15, -0.1) is 0 Å². The molecule has 1 radical (unpaired) electrons. The van der Waals surface area contributed by atoms with Gasteiger partial charge in [-0.1, -0.05) is 0 Å². The van der Waals surface area contributed by atoms with Crippen LogP contribution in [0.1, 0.15) is 6.42 Å². The third-order valence-electron chi connectivity index (χ3n) is 1.36. The van der Waals surface area contributed by atoms with Gasteiger partial charge in [0, 0.05) is 6.42 Å². The summed E-state index contributed by atoms with van der Waals surface area (Å²) in [6.07, 6.45) is 1.45. The normalized spacial score (nSPS) is 43.2. The third kappa shape index (κ3) is 1.30. The van der Waals surface area contributed by atoms with Crippen LogP contribution in [0.2, 0.25) is 0 Å². The van der Waals surface area contributed by atoms with E-state index in [1.807, 2.05) is 0 Å². The zero-order chi connectivity index (χ0) is 6.85. The minimum atomic E-state index is -1.04. The van der Waals surface area contributed by atoms with E-state index in [1.165, 1.54) is 6.08 Å². The molecule has 0 aromatic rings. The first-order valence-electron chi connectivity index (χ1n) is 2.83. The molecule has 0 saturated carbocycles. The van der Waals surface area contributed by atoms with Crippen molar-refractivity contribution in [1.29, 1.82) is 0 Å². The fourth-order valence-corrected chi connectivity index (χ4v) is 0.756. The molecule has 51 valence electrons. The van der Waals surface area contributed by atoms with Crippen molar-refractivity contribution in [3.05, 3.63) is 12.2 Å². The van der Waals surface area contributed by atoms with Crippen LogP contribution in [0.5, 0.6) is 0 Å². The van der Waals surface area contributed by atoms with E-state index in [1.54, 1.807) is 0 Å². The first kappa shape index (κ1) is 6.74. The van der Waals surface area contributed by atoms with Gasteiger partial charge < -0.3 is 15.3 Å². The predicted molar refractivity (Wildman–Crippen MR) is 30.5 cm³/mol. The Labute approximate surface area is 53.3 Å². The Morgan fingerprint density at radius 1 is 1.33 bits per heavy atom. The van der Waals surface area contributed by atoms with Crippen molar-refractivity contribution in [2.24, 2.45) is 0 Å². The van der Waals surface area contributed by atoms with E-state index in [-0.39, 0.29) is 0 Å². The SMILES string of the molecule is OC1C=[C]CC(O)C1O. The third-order valence-corrected chi connectivity index (χ3v) is 1.36. The molecule has 3 heteroatoms. The van der Waals surface area contributed by atoms with E-state index in [2.05, 4.69) is 6.08 Å². The highest BCUT2D eigenvalue weighted by Gasteiger charge is 2.24. The first-order chi connectivity index (χ1) is 4.22. The van der Waals surface area contributed by atoms with Gasteiger partial charge >= 0.3 is 0 Å². The molecule has 3 unspecified atom stereocenters. The lowest BCUT2D eigenvalue weighted by Gasteiger charge is -2.22. The summed E-state index contributed by atoms with van der Waals surface area (Å²) in [4.78, 5) is 0. The Balaban J connectivity index is 2.58. The molecule has 3 N–H and O–H groups in total. The Hall–Kier alpha value is -0.380. The van der Waals surface area contributed by atoms with Crippen LogP contribution in [-0.2, 0) is 0 Å². The van der Waals surface area contributed by atoms with Gasteiger partial charge in [0.15, 0.2) is 0 Å². The van der Waals surface area contributed by atoms with Crippen LogP contribution in [0.3, 0.4) is 0 Å². The number of aliphatic hydroxyl groups is 3. The summed E-state index contributed by atoms with van der Waals surface area (Å²) < 4.78 is 0. The van der Waals surface area contributed by atoms with Gasteiger partial charge in [0.25, 0.3) is 0 Å². The Bertz CT molecular complexity index is 121. The van der Waals surface area contributed by atoms with Gasteiger partial charge in [0.1, 0.15) is 12.2 Å². The van der Waals surface area contributed by atoms with Gasteiger partial charge in [0.2, 0.25) is 0 Å². The Morgan fingerprint density at radius 3 is 2.44 bits per heavy atom. The van der Waals surface area contributed by atoms with Crippen LogP contribution in [0.25, 0.3) is 0 Å². The molecule has 1 aliphatic carbocycles. The van der Waals surface area contributed by atoms with Crippen molar-refractivity contribution in [2.75, 3.05) is 0 Å². The minimum absolute atomic E-state index is 0.304. The average molecular weight is 129 g/mol. The minimum Gasteiger partial charge on any atom is -0.390 e. The second-order valence-corrected chi connectivity index (χ2v) is 2.12. The smallest absolute Gasteiger partial charge is 0.110 e. The summed E-state index contributed by atoms with van der Waals surface area (Å²) >= 11 is 0. The monoisotopic (exact) mass is 129 g/mol. The maximum Gasteiger partial charge on any atom is 0.110 e. The summed E-state index contributed by atoms with van der Waals surface area (Å²) in [5.41, 5.74) is 0. The van der Waals surface area contributed by atoms with Crippen molar-refractivity contribution in [1.82, 2.24) is 0 Å². The van der Waals surface area contributed by atoms with Crippen molar-refractivity contribution >= 4 is 0 Å². The van der Waals surface area contributed by atoms with Crippen molar-refractivity contribution in [3.8, 4) is 0 Å². The molecule has 1 aliphatic rings. The molecule has 1 rings (SSSR count). The summed E-state index contributed by atoms with van der Waals surface area (Å²) in [6, 6.07) is 0. The van der Waals surface area contributed by atoms with Crippen LogP contribution in [0.15, 0.2) is 6.08 Å². The van der Waals surface area contributed by atoms with Gasteiger partial charge in [0.05, 0.1) is 6.10 Å². The van der Waals surface area contributed by atoms with Crippen LogP contribution >= 0.6 is 0 Å². The fraction of sp³-hybridized carbons (Fsp3) is 0.667. The zero-order valence-corrected chi connectivity index (χ0v) is 4.86. The van der Waals surface area contributed by atoms with Gasteiger partial charge in [-0.2, -0.15) is 0 Å². The van der Waals surface area contributed by atoms with Crippen LogP contribution < -0.4 is 0 Å². The van der Waals surface area contributed by atoms with Gasteiger partial charge in [-0.25, -0.2) is 0 Å². The highest BCUT2D eigenvalue weighted by molar-refractivity contribution is 4.97. The highest BCUT2D eigenvalue weighted by atomic mass is 16.4.